The predicted octanol–water partition coefficient (Wildman–Crippen LogP) is 1.14. The van der Waals surface area contributed by atoms with E-state index in [0.29, 0.717) is 0 Å². The van der Waals surface area contributed by atoms with Crippen LogP contribution in [0, 0.1) is 0 Å². The molecule has 4 heteroatoms. The first kappa shape index (κ1) is 14.5. The van der Waals surface area contributed by atoms with Crippen molar-refractivity contribution in [1.29, 1.82) is 0 Å². The molecule has 2 N–H and O–H groups in total. The van der Waals surface area contributed by atoms with Gasteiger partial charge in [0.25, 0.3) is 0 Å². The van der Waals surface area contributed by atoms with E-state index in [1.165, 1.54) is 0 Å². The van der Waals surface area contributed by atoms with Crippen LogP contribution in [0.5, 0.6) is 0 Å². The molecule has 0 bridgehead atoms. The molecule has 0 aromatic heterocycles. The van der Waals surface area contributed by atoms with Gasteiger partial charge in [-0.1, -0.05) is 6.42 Å². The van der Waals surface area contributed by atoms with E-state index in [2.05, 4.69) is 10.2 Å². The number of carbonyl (C=O) groups is 1. The Hall–Kier alpha value is -0.610. The molecule has 0 saturated carbocycles. The fourth-order valence-corrected chi connectivity index (χ4v) is 2.35. The molecule has 4 nitrogen and oxygen atoms in total. The Labute approximate surface area is 104 Å². The minimum atomic E-state index is -0.199. The summed E-state index contributed by atoms with van der Waals surface area (Å²) in [5.74, 6) is 0.0536. The zero-order valence-corrected chi connectivity index (χ0v) is 11.5. The number of hydrogen-bond donors (Lipinski definition) is 2. The zero-order chi connectivity index (χ0) is 13.1. The standard InChI is InChI=1S/C13H26N2O2/c1-10(12(17)14-13(2,3)4)15-8-6-5-7-11(15)9-16/h10-11,16H,5-9H2,1-4H3,(H,14,17). The van der Waals surface area contributed by atoms with E-state index < -0.39 is 0 Å². The first-order valence-electron chi connectivity index (χ1n) is 6.54. The maximum atomic E-state index is 12.1. The van der Waals surface area contributed by atoms with Crippen molar-refractivity contribution >= 4 is 5.91 Å². The van der Waals surface area contributed by atoms with Crippen molar-refractivity contribution in [3.8, 4) is 0 Å². The van der Waals surface area contributed by atoms with Crippen LogP contribution in [0.3, 0.4) is 0 Å². The molecule has 0 aromatic carbocycles. The van der Waals surface area contributed by atoms with Gasteiger partial charge in [-0.15, -0.1) is 0 Å². The molecule has 2 unspecified atom stereocenters. The second-order valence-corrected chi connectivity index (χ2v) is 5.99. The molecule has 2 atom stereocenters. The summed E-state index contributed by atoms with van der Waals surface area (Å²) in [5, 5.41) is 12.3. The van der Waals surface area contributed by atoms with Gasteiger partial charge in [0, 0.05) is 11.6 Å². The first-order valence-corrected chi connectivity index (χ1v) is 6.54. The SMILES string of the molecule is CC(C(=O)NC(C)(C)C)N1CCCCC1CO. The van der Waals surface area contributed by atoms with Gasteiger partial charge in [-0.3, -0.25) is 9.69 Å². The van der Waals surface area contributed by atoms with E-state index in [4.69, 9.17) is 0 Å². The fourth-order valence-electron chi connectivity index (χ4n) is 2.35. The van der Waals surface area contributed by atoms with E-state index >= 15 is 0 Å². The summed E-state index contributed by atoms with van der Waals surface area (Å²) in [7, 11) is 0. The van der Waals surface area contributed by atoms with Crippen molar-refractivity contribution in [2.24, 2.45) is 0 Å². The highest BCUT2D eigenvalue weighted by molar-refractivity contribution is 5.82. The van der Waals surface area contributed by atoms with E-state index in [9.17, 15) is 9.90 Å². The van der Waals surface area contributed by atoms with Crippen LogP contribution in [0.1, 0.15) is 47.0 Å². The topological polar surface area (TPSA) is 52.6 Å². The largest absolute Gasteiger partial charge is 0.395 e. The van der Waals surface area contributed by atoms with Gasteiger partial charge in [-0.05, 0) is 47.1 Å². The Morgan fingerprint density at radius 2 is 2.12 bits per heavy atom. The average molecular weight is 242 g/mol. The lowest BCUT2D eigenvalue weighted by atomic mass is 10.00. The lowest BCUT2D eigenvalue weighted by Gasteiger charge is -2.39. The first-order chi connectivity index (χ1) is 7.85. The third-order valence-corrected chi connectivity index (χ3v) is 3.26. The summed E-state index contributed by atoms with van der Waals surface area (Å²) in [6.07, 6.45) is 3.25. The highest BCUT2D eigenvalue weighted by Crippen LogP contribution is 2.19. The van der Waals surface area contributed by atoms with Gasteiger partial charge in [0.1, 0.15) is 0 Å². The Bertz CT molecular complexity index is 261. The number of nitrogens with one attached hydrogen (secondary N) is 1. The van der Waals surface area contributed by atoms with E-state index in [-0.39, 0.29) is 30.1 Å². The van der Waals surface area contributed by atoms with Crippen LogP contribution in [-0.4, -0.2) is 46.7 Å². The Kier molecular flexibility index (Phi) is 4.95. The Morgan fingerprint density at radius 1 is 1.47 bits per heavy atom. The van der Waals surface area contributed by atoms with E-state index in [1.54, 1.807) is 0 Å². The molecule has 0 aliphatic carbocycles. The van der Waals surface area contributed by atoms with Gasteiger partial charge in [-0.25, -0.2) is 0 Å². The summed E-state index contributed by atoms with van der Waals surface area (Å²) >= 11 is 0. The quantitative estimate of drug-likeness (QED) is 0.780. The maximum absolute atomic E-state index is 12.1. The second kappa shape index (κ2) is 5.83. The monoisotopic (exact) mass is 242 g/mol. The van der Waals surface area contributed by atoms with Gasteiger partial charge in [0.05, 0.1) is 12.6 Å². The number of nitrogens with zero attached hydrogens (tertiary/aromatic N) is 1. The van der Waals surface area contributed by atoms with Crippen LogP contribution in [0.25, 0.3) is 0 Å². The van der Waals surface area contributed by atoms with Crippen LogP contribution >= 0.6 is 0 Å². The summed E-state index contributed by atoms with van der Waals surface area (Å²) in [6.45, 7) is 8.93. The van der Waals surface area contributed by atoms with Crippen LogP contribution in [0.4, 0.5) is 0 Å². The van der Waals surface area contributed by atoms with Crippen molar-refractivity contribution in [3.63, 3.8) is 0 Å². The predicted molar refractivity (Wildman–Crippen MR) is 68.8 cm³/mol. The molecule has 0 radical (unpaired) electrons. The summed E-state index contributed by atoms with van der Waals surface area (Å²) < 4.78 is 0. The number of aliphatic hydroxyl groups excluding tert-OH is 1. The van der Waals surface area contributed by atoms with Gasteiger partial charge in [0.2, 0.25) is 5.91 Å². The molecule has 1 fully saturated rings. The number of piperidine rings is 1. The molecule has 17 heavy (non-hydrogen) atoms. The second-order valence-electron chi connectivity index (χ2n) is 5.99. The smallest absolute Gasteiger partial charge is 0.237 e. The van der Waals surface area contributed by atoms with Crippen molar-refractivity contribution in [2.45, 2.75) is 64.6 Å². The van der Waals surface area contributed by atoms with Crippen LogP contribution in [0.15, 0.2) is 0 Å². The number of aliphatic hydroxyl groups is 1. The molecule has 1 saturated heterocycles. The fraction of sp³-hybridized carbons (Fsp3) is 0.923. The van der Waals surface area contributed by atoms with Gasteiger partial charge in [0.15, 0.2) is 0 Å². The van der Waals surface area contributed by atoms with E-state index in [0.717, 1.165) is 25.8 Å². The highest BCUT2D eigenvalue weighted by Gasteiger charge is 2.30. The van der Waals surface area contributed by atoms with Crippen molar-refractivity contribution < 1.29 is 9.90 Å². The average Bonchev–Trinajstić information content (AvgIpc) is 2.25. The van der Waals surface area contributed by atoms with Crippen molar-refractivity contribution in [3.05, 3.63) is 0 Å². The normalized spacial score (nSPS) is 24.4. The number of amides is 1. The highest BCUT2D eigenvalue weighted by atomic mass is 16.3. The molecule has 0 aromatic rings. The third kappa shape index (κ3) is 4.28. The molecule has 1 aliphatic rings. The number of carbonyl (C=O) groups excluding carboxylic acids is 1. The Morgan fingerprint density at radius 3 is 2.65 bits per heavy atom. The lowest BCUT2D eigenvalue weighted by molar-refractivity contribution is -0.129. The van der Waals surface area contributed by atoms with Gasteiger partial charge in [-0.2, -0.15) is 0 Å². The minimum absolute atomic E-state index is 0.0536. The van der Waals surface area contributed by atoms with Crippen LogP contribution in [0.2, 0.25) is 0 Å². The molecule has 1 aliphatic heterocycles. The lowest BCUT2D eigenvalue weighted by Crippen LogP contribution is -2.55. The zero-order valence-electron chi connectivity index (χ0n) is 11.5. The van der Waals surface area contributed by atoms with Crippen LogP contribution in [-0.2, 0) is 4.79 Å². The molecule has 1 heterocycles. The molecular weight excluding hydrogens is 216 g/mol. The van der Waals surface area contributed by atoms with Crippen LogP contribution < -0.4 is 5.32 Å². The van der Waals surface area contributed by atoms with Crippen molar-refractivity contribution in [2.75, 3.05) is 13.2 Å². The van der Waals surface area contributed by atoms with Gasteiger partial charge < -0.3 is 10.4 Å². The Balaban J connectivity index is 2.60. The number of hydrogen-bond acceptors (Lipinski definition) is 3. The minimum Gasteiger partial charge on any atom is -0.395 e. The molecule has 0 spiro atoms. The molecule has 100 valence electrons. The molecule has 1 amide bonds. The van der Waals surface area contributed by atoms with Crippen molar-refractivity contribution in [1.82, 2.24) is 10.2 Å². The summed E-state index contributed by atoms with van der Waals surface area (Å²) in [5.41, 5.74) is -0.199. The summed E-state index contributed by atoms with van der Waals surface area (Å²) in [6, 6.07) is -0.0175. The third-order valence-electron chi connectivity index (χ3n) is 3.26. The van der Waals surface area contributed by atoms with E-state index in [1.807, 2.05) is 27.7 Å². The number of rotatable bonds is 3. The molecule has 1 rings (SSSR count). The summed E-state index contributed by atoms with van der Waals surface area (Å²) in [4.78, 5) is 14.2. The maximum Gasteiger partial charge on any atom is 0.237 e. The van der Waals surface area contributed by atoms with Gasteiger partial charge >= 0.3 is 0 Å². The molecular formula is C13H26N2O2. The number of likely N-dealkylation sites (tertiary alicyclic amines) is 1.